The van der Waals surface area contributed by atoms with Crippen LogP contribution in [-0.4, -0.2) is 27.4 Å². The van der Waals surface area contributed by atoms with Gasteiger partial charge in [-0.15, -0.1) is 0 Å². The second-order valence-corrected chi connectivity index (χ2v) is 6.45. The summed E-state index contributed by atoms with van der Waals surface area (Å²) in [6.07, 6.45) is 4.50. The highest BCUT2D eigenvalue weighted by molar-refractivity contribution is 5.22. The highest BCUT2D eigenvalue weighted by Gasteiger charge is 2.42. The van der Waals surface area contributed by atoms with E-state index >= 15 is 0 Å². The van der Waals surface area contributed by atoms with Crippen LogP contribution in [0.25, 0.3) is 0 Å². The fourth-order valence-corrected chi connectivity index (χ4v) is 2.96. The monoisotopic (exact) mass is 279 g/mol. The van der Waals surface area contributed by atoms with Crippen molar-refractivity contribution in [3.8, 4) is 5.75 Å². The zero-order valence-electron chi connectivity index (χ0n) is 12.8. The van der Waals surface area contributed by atoms with Crippen molar-refractivity contribution >= 4 is 0 Å². The van der Waals surface area contributed by atoms with Crippen LogP contribution in [0.3, 0.4) is 0 Å². The standard InChI is InChI=1S/C16H25NO3/c1-5-16(4)10-14(9-15(2,3)20-16)19-13-6-7-17-12(8-13)11-18/h6-8,14,18H,5,9-11H2,1-4H3. The largest absolute Gasteiger partial charge is 0.490 e. The molecule has 20 heavy (non-hydrogen) atoms. The summed E-state index contributed by atoms with van der Waals surface area (Å²) in [6, 6.07) is 3.64. The molecular formula is C16H25NO3. The lowest BCUT2D eigenvalue weighted by Crippen LogP contribution is -2.50. The second kappa shape index (κ2) is 5.70. The number of rotatable bonds is 4. The Bertz CT molecular complexity index is 461. The van der Waals surface area contributed by atoms with Crippen LogP contribution in [-0.2, 0) is 11.3 Å². The highest BCUT2D eigenvalue weighted by atomic mass is 16.5. The Labute approximate surface area is 121 Å². The van der Waals surface area contributed by atoms with Gasteiger partial charge in [-0.25, -0.2) is 0 Å². The molecule has 0 bridgehead atoms. The van der Waals surface area contributed by atoms with E-state index in [0.717, 1.165) is 25.0 Å². The summed E-state index contributed by atoms with van der Waals surface area (Å²) in [5.41, 5.74) is 0.312. The maximum Gasteiger partial charge on any atom is 0.123 e. The van der Waals surface area contributed by atoms with Crippen molar-refractivity contribution in [2.24, 2.45) is 0 Å². The molecule has 2 atom stereocenters. The van der Waals surface area contributed by atoms with Gasteiger partial charge in [0.15, 0.2) is 0 Å². The summed E-state index contributed by atoms with van der Waals surface area (Å²) in [6.45, 7) is 8.46. The van der Waals surface area contributed by atoms with Gasteiger partial charge < -0.3 is 14.6 Å². The van der Waals surface area contributed by atoms with Crippen LogP contribution in [0.5, 0.6) is 5.75 Å². The molecule has 1 aromatic heterocycles. The number of aliphatic hydroxyl groups is 1. The first-order valence-electron chi connectivity index (χ1n) is 7.28. The number of aromatic nitrogens is 1. The molecule has 112 valence electrons. The molecule has 0 aromatic carbocycles. The second-order valence-electron chi connectivity index (χ2n) is 6.45. The Morgan fingerprint density at radius 3 is 2.80 bits per heavy atom. The van der Waals surface area contributed by atoms with Gasteiger partial charge in [-0.05, 0) is 33.3 Å². The molecule has 2 unspecified atom stereocenters. The van der Waals surface area contributed by atoms with Crippen LogP contribution in [0.15, 0.2) is 18.3 Å². The summed E-state index contributed by atoms with van der Waals surface area (Å²) in [4.78, 5) is 4.07. The fraction of sp³-hybridized carbons (Fsp3) is 0.688. The minimum Gasteiger partial charge on any atom is -0.490 e. The van der Waals surface area contributed by atoms with Crippen LogP contribution in [0.1, 0.15) is 52.7 Å². The van der Waals surface area contributed by atoms with Gasteiger partial charge in [0.05, 0.1) is 23.5 Å². The predicted octanol–water partition coefficient (Wildman–Crippen LogP) is 3.08. The van der Waals surface area contributed by atoms with Crippen molar-refractivity contribution in [2.45, 2.75) is 70.9 Å². The molecule has 1 fully saturated rings. The Hall–Kier alpha value is -1.13. The SMILES string of the molecule is CCC1(C)CC(Oc2ccnc(CO)c2)CC(C)(C)O1. The van der Waals surface area contributed by atoms with Crippen LogP contribution < -0.4 is 4.74 Å². The minimum atomic E-state index is -0.180. The summed E-state index contributed by atoms with van der Waals surface area (Å²) in [7, 11) is 0. The number of hydrogen-bond donors (Lipinski definition) is 1. The average molecular weight is 279 g/mol. The first kappa shape index (κ1) is 15.3. The van der Waals surface area contributed by atoms with Crippen molar-refractivity contribution in [3.05, 3.63) is 24.0 Å². The Kier molecular flexibility index (Phi) is 4.35. The lowest BCUT2D eigenvalue weighted by Gasteiger charge is -2.46. The molecule has 0 aliphatic carbocycles. The average Bonchev–Trinajstić information content (AvgIpc) is 2.36. The van der Waals surface area contributed by atoms with E-state index in [9.17, 15) is 0 Å². The van der Waals surface area contributed by atoms with Gasteiger partial charge in [0.25, 0.3) is 0 Å². The number of nitrogens with zero attached hydrogens (tertiary/aromatic N) is 1. The molecule has 0 saturated carbocycles. The third-order valence-corrected chi connectivity index (χ3v) is 3.90. The quantitative estimate of drug-likeness (QED) is 0.920. The van der Waals surface area contributed by atoms with Crippen molar-refractivity contribution in [3.63, 3.8) is 0 Å². The van der Waals surface area contributed by atoms with E-state index in [4.69, 9.17) is 14.6 Å². The van der Waals surface area contributed by atoms with Gasteiger partial charge in [0.2, 0.25) is 0 Å². The van der Waals surface area contributed by atoms with E-state index < -0.39 is 0 Å². The van der Waals surface area contributed by atoms with E-state index in [0.29, 0.717) is 5.69 Å². The molecule has 0 radical (unpaired) electrons. The molecule has 0 amide bonds. The first-order valence-corrected chi connectivity index (χ1v) is 7.28. The number of hydrogen-bond acceptors (Lipinski definition) is 4. The van der Waals surface area contributed by atoms with E-state index in [1.165, 1.54) is 0 Å². The Balaban J connectivity index is 2.11. The first-order chi connectivity index (χ1) is 9.36. The molecule has 4 heteroatoms. The fourth-order valence-electron chi connectivity index (χ4n) is 2.96. The van der Waals surface area contributed by atoms with Gasteiger partial charge in [-0.2, -0.15) is 0 Å². The van der Waals surface area contributed by atoms with Gasteiger partial charge in [-0.3, -0.25) is 4.98 Å². The van der Waals surface area contributed by atoms with E-state index in [-0.39, 0.29) is 23.9 Å². The third-order valence-electron chi connectivity index (χ3n) is 3.90. The number of aliphatic hydroxyl groups excluding tert-OH is 1. The summed E-state index contributed by atoms with van der Waals surface area (Å²) >= 11 is 0. The van der Waals surface area contributed by atoms with Crippen molar-refractivity contribution in [2.75, 3.05) is 0 Å². The maximum atomic E-state index is 9.13. The highest BCUT2D eigenvalue weighted by Crippen LogP contribution is 2.38. The Morgan fingerprint density at radius 1 is 1.40 bits per heavy atom. The van der Waals surface area contributed by atoms with Crippen LogP contribution >= 0.6 is 0 Å². The molecule has 1 aliphatic rings. The van der Waals surface area contributed by atoms with E-state index in [1.54, 1.807) is 12.3 Å². The van der Waals surface area contributed by atoms with Crippen molar-refractivity contribution < 1.29 is 14.6 Å². The van der Waals surface area contributed by atoms with Crippen LogP contribution in [0.4, 0.5) is 0 Å². The van der Waals surface area contributed by atoms with Gasteiger partial charge in [0, 0.05) is 25.1 Å². The molecule has 1 aromatic rings. The predicted molar refractivity (Wildman–Crippen MR) is 77.7 cm³/mol. The van der Waals surface area contributed by atoms with Crippen molar-refractivity contribution in [1.82, 2.24) is 4.98 Å². The smallest absolute Gasteiger partial charge is 0.123 e. The molecule has 1 aliphatic heterocycles. The summed E-state index contributed by atoms with van der Waals surface area (Å²) < 4.78 is 12.3. The zero-order valence-corrected chi connectivity index (χ0v) is 12.8. The molecule has 1 saturated heterocycles. The van der Waals surface area contributed by atoms with Gasteiger partial charge in [-0.1, -0.05) is 6.92 Å². The molecule has 4 nitrogen and oxygen atoms in total. The molecule has 2 heterocycles. The summed E-state index contributed by atoms with van der Waals surface area (Å²) in [5, 5.41) is 9.13. The minimum absolute atomic E-state index is 0.0663. The Morgan fingerprint density at radius 2 is 2.15 bits per heavy atom. The lowest BCUT2D eigenvalue weighted by molar-refractivity contribution is -0.191. The van der Waals surface area contributed by atoms with Crippen molar-refractivity contribution in [1.29, 1.82) is 0 Å². The molecule has 1 N–H and O–H groups in total. The maximum absolute atomic E-state index is 9.13. The molecule has 2 rings (SSSR count). The summed E-state index contributed by atoms with van der Waals surface area (Å²) in [5.74, 6) is 0.769. The normalized spacial score (nSPS) is 29.1. The van der Waals surface area contributed by atoms with Crippen LogP contribution in [0.2, 0.25) is 0 Å². The topological polar surface area (TPSA) is 51.6 Å². The molecular weight excluding hydrogens is 254 g/mol. The van der Waals surface area contributed by atoms with Gasteiger partial charge in [0.1, 0.15) is 11.9 Å². The zero-order chi connectivity index (χ0) is 14.8. The van der Waals surface area contributed by atoms with E-state index in [2.05, 4.69) is 32.7 Å². The third kappa shape index (κ3) is 3.70. The van der Waals surface area contributed by atoms with Crippen LogP contribution in [0, 0.1) is 0 Å². The van der Waals surface area contributed by atoms with E-state index in [1.807, 2.05) is 6.07 Å². The van der Waals surface area contributed by atoms with Gasteiger partial charge >= 0.3 is 0 Å². The number of pyridine rings is 1. The lowest BCUT2D eigenvalue weighted by atomic mass is 9.84. The number of ether oxygens (including phenoxy) is 2. The molecule has 0 spiro atoms.